The SMILES string of the molecule is CC1=CC(=O)CC(c2ccc([N+](=O)[O-])cc2)C1C(=O)Nc1ccccc1. The summed E-state index contributed by atoms with van der Waals surface area (Å²) in [7, 11) is 0. The maximum Gasteiger partial charge on any atom is 0.269 e. The van der Waals surface area contributed by atoms with E-state index in [4.69, 9.17) is 0 Å². The molecule has 2 aromatic rings. The second kappa shape index (κ2) is 7.31. The molecule has 1 aliphatic carbocycles. The van der Waals surface area contributed by atoms with Crippen molar-refractivity contribution in [2.75, 3.05) is 5.32 Å². The van der Waals surface area contributed by atoms with Crippen LogP contribution in [0.3, 0.4) is 0 Å². The van der Waals surface area contributed by atoms with E-state index < -0.39 is 10.8 Å². The van der Waals surface area contributed by atoms with Crippen molar-refractivity contribution in [3.8, 4) is 0 Å². The lowest BCUT2D eigenvalue weighted by atomic mass is 9.74. The van der Waals surface area contributed by atoms with Gasteiger partial charge in [-0.1, -0.05) is 35.9 Å². The van der Waals surface area contributed by atoms with E-state index in [9.17, 15) is 19.7 Å². The zero-order valence-electron chi connectivity index (χ0n) is 14.2. The van der Waals surface area contributed by atoms with E-state index in [2.05, 4.69) is 5.32 Å². The summed E-state index contributed by atoms with van der Waals surface area (Å²) >= 11 is 0. The summed E-state index contributed by atoms with van der Waals surface area (Å²) < 4.78 is 0. The molecule has 0 aliphatic heterocycles. The molecule has 6 heteroatoms. The highest BCUT2D eigenvalue weighted by molar-refractivity contribution is 6.00. The average Bonchev–Trinajstić information content (AvgIpc) is 2.61. The Morgan fingerprint density at radius 1 is 1.12 bits per heavy atom. The van der Waals surface area contributed by atoms with Gasteiger partial charge in [0.1, 0.15) is 0 Å². The first kappa shape index (κ1) is 17.5. The van der Waals surface area contributed by atoms with Crippen molar-refractivity contribution < 1.29 is 14.5 Å². The van der Waals surface area contributed by atoms with E-state index in [1.807, 2.05) is 18.2 Å². The van der Waals surface area contributed by atoms with Crippen LogP contribution in [0, 0.1) is 16.0 Å². The summed E-state index contributed by atoms with van der Waals surface area (Å²) in [5.41, 5.74) is 2.10. The Kier molecular flexibility index (Phi) is 4.93. The van der Waals surface area contributed by atoms with E-state index in [0.717, 1.165) is 5.56 Å². The highest BCUT2D eigenvalue weighted by Crippen LogP contribution is 2.38. The Hall–Kier alpha value is -3.28. The molecule has 0 bridgehead atoms. The largest absolute Gasteiger partial charge is 0.326 e. The number of nitro benzene ring substituents is 1. The first-order chi connectivity index (χ1) is 12.5. The number of anilines is 1. The minimum Gasteiger partial charge on any atom is -0.326 e. The van der Waals surface area contributed by atoms with Crippen LogP contribution in [0.5, 0.6) is 0 Å². The standard InChI is InChI=1S/C20H18N2O4/c1-13-11-17(23)12-18(14-7-9-16(10-8-14)22(25)26)19(13)20(24)21-15-5-3-2-4-6-15/h2-11,18-19H,12H2,1H3,(H,21,24). The topological polar surface area (TPSA) is 89.3 Å². The van der Waals surface area contributed by atoms with Crippen LogP contribution in [-0.4, -0.2) is 16.6 Å². The number of nitro groups is 1. The molecule has 0 saturated heterocycles. The van der Waals surface area contributed by atoms with E-state index >= 15 is 0 Å². The van der Waals surface area contributed by atoms with Crippen molar-refractivity contribution in [1.29, 1.82) is 0 Å². The molecule has 1 amide bonds. The second-order valence-electron chi connectivity index (χ2n) is 6.35. The molecular formula is C20H18N2O4. The maximum atomic E-state index is 12.9. The summed E-state index contributed by atoms with van der Waals surface area (Å²) in [5, 5.41) is 13.7. The third-order valence-electron chi connectivity index (χ3n) is 4.56. The molecule has 132 valence electrons. The number of rotatable bonds is 4. The van der Waals surface area contributed by atoms with Crippen molar-refractivity contribution in [3.05, 3.63) is 81.9 Å². The number of ketones is 1. The Labute approximate surface area is 150 Å². The summed E-state index contributed by atoms with van der Waals surface area (Å²) in [4.78, 5) is 35.3. The Morgan fingerprint density at radius 3 is 2.38 bits per heavy atom. The number of non-ortho nitro benzene ring substituents is 1. The highest BCUT2D eigenvalue weighted by atomic mass is 16.6. The van der Waals surface area contributed by atoms with Crippen LogP contribution in [-0.2, 0) is 9.59 Å². The van der Waals surface area contributed by atoms with Gasteiger partial charge in [-0.05, 0) is 30.7 Å². The molecule has 0 fully saturated rings. The molecule has 0 aromatic heterocycles. The Balaban J connectivity index is 1.91. The van der Waals surface area contributed by atoms with Crippen LogP contribution in [0.1, 0.15) is 24.8 Å². The van der Waals surface area contributed by atoms with Gasteiger partial charge in [0.15, 0.2) is 5.78 Å². The zero-order chi connectivity index (χ0) is 18.7. The third-order valence-corrected chi connectivity index (χ3v) is 4.56. The summed E-state index contributed by atoms with van der Waals surface area (Å²) in [6.45, 7) is 1.77. The molecule has 1 aliphatic rings. The molecule has 0 spiro atoms. The van der Waals surface area contributed by atoms with Gasteiger partial charge in [0.05, 0.1) is 10.8 Å². The van der Waals surface area contributed by atoms with Crippen molar-refractivity contribution in [2.24, 2.45) is 5.92 Å². The monoisotopic (exact) mass is 350 g/mol. The van der Waals surface area contributed by atoms with Gasteiger partial charge in [0.25, 0.3) is 5.69 Å². The van der Waals surface area contributed by atoms with Crippen LogP contribution >= 0.6 is 0 Å². The summed E-state index contributed by atoms with van der Waals surface area (Å²) in [6.07, 6.45) is 1.71. The predicted octanol–water partition coefficient (Wildman–Crippen LogP) is 3.85. The zero-order valence-corrected chi connectivity index (χ0v) is 14.2. The Morgan fingerprint density at radius 2 is 1.77 bits per heavy atom. The smallest absolute Gasteiger partial charge is 0.269 e. The number of carbonyl (C=O) groups is 2. The minimum absolute atomic E-state index is 0.0200. The highest BCUT2D eigenvalue weighted by Gasteiger charge is 2.35. The van der Waals surface area contributed by atoms with E-state index in [1.54, 1.807) is 31.2 Å². The summed E-state index contributed by atoms with van der Waals surface area (Å²) in [5.74, 6) is -1.10. The fraction of sp³-hybridized carbons (Fsp3) is 0.200. The van der Waals surface area contributed by atoms with Crippen LogP contribution in [0.15, 0.2) is 66.2 Å². The molecule has 0 heterocycles. The Bertz CT molecular complexity index is 872. The molecule has 2 unspecified atom stereocenters. The number of para-hydroxylation sites is 1. The normalized spacial score (nSPS) is 19.6. The minimum atomic E-state index is -0.505. The van der Waals surface area contributed by atoms with Gasteiger partial charge in [-0.3, -0.25) is 19.7 Å². The molecule has 2 atom stereocenters. The number of benzene rings is 2. The van der Waals surface area contributed by atoms with Gasteiger partial charge in [-0.2, -0.15) is 0 Å². The third kappa shape index (κ3) is 3.69. The number of nitrogens with zero attached hydrogens (tertiary/aromatic N) is 1. The predicted molar refractivity (Wildman–Crippen MR) is 97.8 cm³/mol. The summed E-state index contributed by atoms with van der Waals surface area (Å²) in [6, 6.07) is 15.2. The molecule has 1 N–H and O–H groups in total. The number of allylic oxidation sites excluding steroid dienone is 1. The van der Waals surface area contributed by atoms with Gasteiger partial charge >= 0.3 is 0 Å². The van der Waals surface area contributed by atoms with Gasteiger partial charge in [-0.25, -0.2) is 0 Å². The van der Waals surface area contributed by atoms with Crippen LogP contribution < -0.4 is 5.32 Å². The number of nitrogens with one attached hydrogen (secondary N) is 1. The first-order valence-corrected chi connectivity index (χ1v) is 8.27. The number of hydrogen-bond acceptors (Lipinski definition) is 4. The lowest BCUT2D eigenvalue weighted by molar-refractivity contribution is -0.384. The van der Waals surface area contributed by atoms with Crippen molar-refractivity contribution in [2.45, 2.75) is 19.3 Å². The van der Waals surface area contributed by atoms with Gasteiger partial charge < -0.3 is 5.32 Å². The maximum absolute atomic E-state index is 12.9. The van der Waals surface area contributed by atoms with Crippen molar-refractivity contribution in [1.82, 2.24) is 0 Å². The molecule has 0 radical (unpaired) electrons. The fourth-order valence-corrected chi connectivity index (χ4v) is 3.34. The number of carbonyl (C=O) groups excluding carboxylic acids is 2. The molecule has 3 rings (SSSR count). The first-order valence-electron chi connectivity index (χ1n) is 8.27. The van der Waals surface area contributed by atoms with Crippen LogP contribution in [0.25, 0.3) is 0 Å². The van der Waals surface area contributed by atoms with Gasteiger partial charge in [0.2, 0.25) is 5.91 Å². The van der Waals surface area contributed by atoms with Gasteiger partial charge in [-0.15, -0.1) is 0 Å². The molecule has 2 aromatic carbocycles. The van der Waals surface area contributed by atoms with E-state index in [1.165, 1.54) is 18.2 Å². The van der Waals surface area contributed by atoms with Crippen molar-refractivity contribution in [3.63, 3.8) is 0 Å². The van der Waals surface area contributed by atoms with Crippen LogP contribution in [0.4, 0.5) is 11.4 Å². The number of hydrogen-bond donors (Lipinski definition) is 1. The number of amides is 1. The quantitative estimate of drug-likeness (QED) is 0.670. The van der Waals surface area contributed by atoms with Crippen LogP contribution in [0.2, 0.25) is 0 Å². The lowest BCUT2D eigenvalue weighted by Crippen LogP contribution is -2.33. The van der Waals surface area contributed by atoms with Gasteiger partial charge in [0, 0.05) is 30.2 Å². The second-order valence-corrected chi connectivity index (χ2v) is 6.35. The molecule has 26 heavy (non-hydrogen) atoms. The average molecular weight is 350 g/mol. The van der Waals surface area contributed by atoms with E-state index in [0.29, 0.717) is 11.3 Å². The molecular weight excluding hydrogens is 332 g/mol. The van der Waals surface area contributed by atoms with E-state index in [-0.39, 0.29) is 29.7 Å². The fourth-order valence-electron chi connectivity index (χ4n) is 3.34. The lowest BCUT2D eigenvalue weighted by Gasteiger charge is -2.30. The molecule has 6 nitrogen and oxygen atoms in total. The van der Waals surface area contributed by atoms with Crippen molar-refractivity contribution >= 4 is 23.1 Å². The molecule has 0 saturated carbocycles.